The molecule has 1 saturated heterocycles. The number of furan rings is 1. The second kappa shape index (κ2) is 7.26. The number of nitrogens with zero attached hydrogens (tertiary/aromatic N) is 4. The van der Waals surface area contributed by atoms with Crippen LogP contribution in [0, 0.1) is 0 Å². The number of aromatic nitrogens is 2. The molecule has 1 fully saturated rings. The maximum Gasteiger partial charge on any atom is 0.289 e. The van der Waals surface area contributed by atoms with Crippen molar-refractivity contribution in [3.63, 3.8) is 0 Å². The van der Waals surface area contributed by atoms with Crippen LogP contribution in [0.4, 0.5) is 11.8 Å². The first kappa shape index (κ1) is 10.7. The first-order valence-corrected chi connectivity index (χ1v) is 8.18. The van der Waals surface area contributed by atoms with Crippen molar-refractivity contribution < 1.29 is 29.7 Å². The van der Waals surface area contributed by atoms with Gasteiger partial charge in [-0.05, 0) is 18.2 Å². The van der Waals surface area contributed by atoms with Crippen LogP contribution in [0.2, 0.25) is 2.82 Å². The molecule has 0 saturated carbocycles. The Bertz CT molecular complexity index is 1300. The molecule has 146 valence electrons. The summed E-state index contributed by atoms with van der Waals surface area (Å²) in [5.41, 5.74) is -0.221. The minimum absolute atomic E-state index is 0.0543. The van der Waals surface area contributed by atoms with E-state index in [9.17, 15) is 4.79 Å². The molecule has 1 amide bonds. The Morgan fingerprint density at radius 2 is 2.04 bits per heavy atom. The molecule has 9 nitrogen and oxygen atoms in total. The van der Waals surface area contributed by atoms with E-state index < -0.39 is 43.8 Å². The molecule has 0 atom stereocenters. The number of anilines is 2. The zero-order chi connectivity index (χ0) is 26.6. The van der Waals surface area contributed by atoms with E-state index in [2.05, 4.69) is 9.97 Å². The number of carbonyl (C=O) groups excluding carboxylic acids is 1. The molecule has 0 unspecified atom stereocenters. The van der Waals surface area contributed by atoms with Crippen molar-refractivity contribution in [1.29, 1.82) is 0 Å². The summed E-state index contributed by atoms with van der Waals surface area (Å²) < 4.78 is 82.2. The summed E-state index contributed by atoms with van der Waals surface area (Å²) in [5, 5.41) is -0.209. The van der Waals surface area contributed by atoms with Gasteiger partial charge < -0.3 is 29.4 Å². The van der Waals surface area contributed by atoms with E-state index in [1.807, 2.05) is 0 Å². The highest BCUT2D eigenvalue weighted by molar-refractivity contribution is 5.92. The van der Waals surface area contributed by atoms with Gasteiger partial charge in [-0.1, -0.05) is 0 Å². The van der Waals surface area contributed by atoms with Gasteiger partial charge in [-0.25, -0.2) is 4.98 Å². The molecule has 1 aromatic carbocycles. The Kier molecular flexibility index (Phi) is 2.79. The van der Waals surface area contributed by atoms with Crippen LogP contribution < -0.4 is 20.1 Å². The number of nitrogen functional groups attached to an aromatic ring is 1. The molecule has 1 aliphatic heterocycles. The molecule has 9 heteroatoms. The number of benzene rings is 1. The number of rotatable bonds is 5. The van der Waals surface area contributed by atoms with E-state index in [0.717, 1.165) is 4.90 Å². The summed E-state index contributed by atoms with van der Waals surface area (Å²) in [5.74, 6) is -2.18. The van der Waals surface area contributed by atoms with Crippen LogP contribution in [0.25, 0.3) is 10.9 Å². The highest BCUT2D eigenvalue weighted by atomic mass is 16.5. The van der Waals surface area contributed by atoms with Gasteiger partial charge in [-0.3, -0.25) is 4.79 Å². The van der Waals surface area contributed by atoms with E-state index in [1.54, 1.807) is 0 Å². The van der Waals surface area contributed by atoms with Crippen molar-refractivity contribution >= 4 is 28.6 Å². The minimum atomic E-state index is -2.56. The quantitative estimate of drug-likeness (QED) is 0.701. The summed E-state index contributed by atoms with van der Waals surface area (Å²) in [6.07, 6.45) is 1.27. The number of fused-ring (bicyclic) bond motifs is 1. The Morgan fingerprint density at radius 3 is 2.68 bits per heavy atom. The lowest BCUT2D eigenvalue weighted by molar-refractivity contribution is 0.0714. The third kappa shape index (κ3) is 3.15. The Hall–Kier alpha value is -3.49. The number of carbonyl (C=O) groups is 1. The maximum atomic E-state index is 12.7. The molecule has 0 bridgehead atoms. The van der Waals surface area contributed by atoms with E-state index in [0.29, 0.717) is 4.90 Å². The molecule has 3 aromatic rings. The lowest BCUT2D eigenvalue weighted by Gasteiger charge is -2.34. The summed E-state index contributed by atoms with van der Waals surface area (Å²) >= 11 is 0. The molecule has 4 rings (SSSR count). The van der Waals surface area contributed by atoms with Gasteiger partial charge >= 0.3 is 0 Å². The third-order valence-corrected chi connectivity index (χ3v) is 4.02. The van der Waals surface area contributed by atoms with Crippen molar-refractivity contribution in [3.05, 3.63) is 36.2 Å². The number of methoxy groups -OCH3 is 2. The van der Waals surface area contributed by atoms with Crippen LogP contribution in [0.15, 0.2) is 34.9 Å². The summed E-state index contributed by atoms with van der Waals surface area (Å²) in [6.45, 7) is -6.30. The van der Waals surface area contributed by atoms with Crippen LogP contribution in [-0.4, -0.2) is 61.1 Å². The lowest BCUT2D eigenvalue weighted by Crippen LogP contribution is -2.49. The number of hydrogen-bond donors (Lipinski definition) is 1. The molecule has 28 heavy (non-hydrogen) atoms. The molecule has 1 aliphatic rings. The van der Waals surface area contributed by atoms with Crippen LogP contribution in [-0.2, 0) is 0 Å². The average Bonchev–Trinajstić information content (AvgIpc) is 3.33. The first-order valence-electron chi connectivity index (χ1n) is 12.1. The molecule has 2 N–H and O–H groups in total. The topological polar surface area (TPSA) is 107 Å². The van der Waals surface area contributed by atoms with E-state index >= 15 is 0 Å². The van der Waals surface area contributed by atoms with Crippen molar-refractivity contribution in [3.8, 4) is 11.5 Å². The fraction of sp³-hybridized carbons (Fsp3) is 0.316. The van der Waals surface area contributed by atoms with Gasteiger partial charge in [0.05, 0.1) is 34.2 Å². The Labute approximate surface area is 173 Å². The third-order valence-electron chi connectivity index (χ3n) is 4.02. The second-order valence-electron chi connectivity index (χ2n) is 5.68. The second-order valence-corrected chi connectivity index (χ2v) is 5.68. The molecular weight excluding hydrogens is 362 g/mol. The van der Waals surface area contributed by atoms with Gasteiger partial charge in [0, 0.05) is 37.5 Å². The lowest BCUT2D eigenvalue weighted by atomic mass is 10.2. The van der Waals surface area contributed by atoms with Gasteiger partial charge in [-0.2, -0.15) is 4.98 Å². The van der Waals surface area contributed by atoms with Crippen molar-refractivity contribution in [1.82, 2.24) is 14.9 Å². The summed E-state index contributed by atoms with van der Waals surface area (Å²) in [6, 6.07) is 2.10. The number of amides is 1. The fourth-order valence-electron chi connectivity index (χ4n) is 2.63. The van der Waals surface area contributed by atoms with Crippen molar-refractivity contribution in [2.45, 2.75) is 0 Å². The largest absolute Gasteiger partial charge is 0.493 e. The zero-order valence-electron chi connectivity index (χ0n) is 23.0. The van der Waals surface area contributed by atoms with Crippen LogP contribution >= 0.6 is 0 Å². The normalized spacial score (nSPS) is 21.9. The van der Waals surface area contributed by atoms with Gasteiger partial charge in [0.15, 0.2) is 20.1 Å². The van der Waals surface area contributed by atoms with Gasteiger partial charge in [-0.15, -0.1) is 0 Å². The predicted octanol–water partition coefficient (Wildman–Crippen LogP) is 1.78. The minimum Gasteiger partial charge on any atom is -0.493 e. The predicted molar refractivity (Wildman–Crippen MR) is 104 cm³/mol. The van der Waals surface area contributed by atoms with Gasteiger partial charge in [0.1, 0.15) is 5.82 Å². The molecule has 0 radical (unpaired) electrons. The standard InChI is InChI=1S/C19H21N5O4/c1-26-15-10-12-13(11-16(15)27-2)21-19(22-17(12)20)24-7-5-23(6-8-24)18(25)14-4-3-9-28-14/h3-4,9-11H,5-8H2,1-2H3,(H2,20,21,22)/i7D2,8D2,10D,11D/hD2. The monoisotopic (exact) mass is 391 g/mol. The maximum absolute atomic E-state index is 12.7. The van der Waals surface area contributed by atoms with Crippen molar-refractivity contribution in [2.24, 2.45) is 0 Å². The van der Waals surface area contributed by atoms with Crippen LogP contribution in [0.1, 0.15) is 18.8 Å². The highest BCUT2D eigenvalue weighted by Crippen LogP contribution is 2.34. The molecule has 0 aliphatic carbocycles. The van der Waals surface area contributed by atoms with Crippen LogP contribution in [0.3, 0.4) is 0 Å². The molecule has 2 aromatic heterocycles. The molecule has 3 heterocycles. The number of piperazine rings is 1. The van der Waals surface area contributed by atoms with Crippen LogP contribution in [0.5, 0.6) is 11.5 Å². The molecule has 0 spiro atoms. The number of hydrogen-bond acceptors (Lipinski definition) is 8. The van der Waals surface area contributed by atoms with E-state index in [4.69, 9.17) is 24.9 Å². The Morgan fingerprint density at radius 1 is 1.29 bits per heavy atom. The summed E-state index contributed by atoms with van der Waals surface area (Å²) in [7, 11) is 2.50. The van der Waals surface area contributed by atoms with E-state index in [-0.39, 0.29) is 46.0 Å². The first-order chi connectivity index (χ1) is 16.8. The highest BCUT2D eigenvalue weighted by Gasteiger charge is 2.25. The average molecular weight is 391 g/mol. The number of nitrogens with two attached hydrogens (primary N) is 1. The summed E-state index contributed by atoms with van der Waals surface area (Å²) in [4.78, 5) is 22.5. The van der Waals surface area contributed by atoms with E-state index in [1.165, 1.54) is 32.6 Å². The van der Waals surface area contributed by atoms with Crippen molar-refractivity contribution in [2.75, 3.05) is 50.9 Å². The Balaban J connectivity index is 1.90. The SMILES string of the molecule is [2H]c1c(OC)c(OC)c([2H])c2c(N([2H])[2H])nc(N3C([2H])([2H])CN(C(=O)c4ccco4)CC3([2H])[2H])nc12. The fourth-order valence-corrected chi connectivity index (χ4v) is 2.63. The smallest absolute Gasteiger partial charge is 0.289 e. The molecular formula is C19H21N5O4. The van der Waals surface area contributed by atoms with Gasteiger partial charge in [0.2, 0.25) is 5.95 Å². The van der Waals surface area contributed by atoms with Gasteiger partial charge in [0.25, 0.3) is 5.91 Å². The zero-order valence-corrected chi connectivity index (χ0v) is 15.0. The number of ether oxygens (including phenoxy) is 2.